The number of anilines is 1. The van der Waals surface area contributed by atoms with Crippen molar-refractivity contribution in [2.24, 2.45) is 0 Å². The first-order valence-electron chi connectivity index (χ1n) is 11.2. The van der Waals surface area contributed by atoms with Crippen LogP contribution >= 0.6 is 11.3 Å². The summed E-state index contributed by atoms with van der Waals surface area (Å²) in [6.07, 6.45) is 4.35. The molecule has 0 spiro atoms. The maximum Gasteiger partial charge on any atom is 0.254 e. The van der Waals surface area contributed by atoms with E-state index in [0.29, 0.717) is 18.5 Å². The first-order chi connectivity index (χ1) is 16.0. The number of aromatic nitrogens is 1. The molecule has 174 valence electrons. The van der Waals surface area contributed by atoms with Gasteiger partial charge in [0, 0.05) is 55.6 Å². The lowest BCUT2D eigenvalue weighted by Gasteiger charge is -2.26. The molecule has 33 heavy (non-hydrogen) atoms. The Hall–Kier alpha value is -2.94. The van der Waals surface area contributed by atoms with Gasteiger partial charge in [0.2, 0.25) is 5.91 Å². The SMILES string of the molecule is Cc1sc(-n2cccc2)c(C(=O)NCc2cccc(NC(=O)CCN3CCOCC3)c2)c1C. The molecule has 3 aromatic rings. The summed E-state index contributed by atoms with van der Waals surface area (Å²) in [4.78, 5) is 28.8. The van der Waals surface area contributed by atoms with Gasteiger partial charge < -0.3 is 19.9 Å². The smallest absolute Gasteiger partial charge is 0.254 e. The van der Waals surface area contributed by atoms with Gasteiger partial charge in [0.1, 0.15) is 5.00 Å². The summed E-state index contributed by atoms with van der Waals surface area (Å²) in [6, 6.07) is 11.5. The average Bonchev–Trinajstić information content (AvgIpc) is 3.46. The lowest BCUT2D eigenvalue weighted by molar-refractivity contribution is -0.116. The van der Waals surface area contributed by atoms with Crippen LogP contribution in [0, 0.1) is 13.8 Å². The van der Waals surface area contributed by atoms with Gasteiger partial charge in [-0.3, -0.25) is 14.5 Å². The van der Waals surface area contributed by atoms with Crippen LogP contribution in [0.3, 0.4) is 0 Å². The first kappa shape index (κ1) is 23.2. The quantitative estimate of drug-likeness (QED) is 0.530. The molecule has 8 heteroatoms. The highest BCUT2D eigenvalue weighted by molar-refractivity contribution is 7.15. The molecule has 0 bridgehead atoms. The Balaban J connectivity index is 1.34. The number of ether oxygens (including phenoxy) is 1. The van der Waals surface area contributed by atoms with Crippen LogP contribution in [0.1, 0.15) is 32.8 Å². The Kier molecular flexibility index (Phi) is 7.59. The van der Waals surface area contributed by atoms with Gasteiger partial charge in [-0.25, -0.2) is 0 Å². The number of nitrogens with one attached hydrogen (secondary N) is 2. The second kappa shape index (κ2) is 10.8. The fraction of sp³-hybridized carbons (Fsp3) is 0.360. The summed E-state index contributed by atoms with van der Waals surface area (Å²) >= 11 is 1.62. The molecule has 0 unspecified atom stereocenters. The van der Waals surface area contributed by atoms with Crippen LogP contribution in [0.4, 0.5) is 5.69 Å². The number of rotatable bonds is 8. The predicted molar refractivity (Wildman–Crippen MR) is 131 cm³/mol. The number of benzene rings is 1. The van der Waals surface area contributed by atoms with E-state index in [4.69, 9.17) is 4.74 Å². The van der Waals surface area contributed by atoms with E-state index in [-0.39, 0.29) is 11.8 Å². The molecule has 1 aliphatic rings. The van der Waals surface area contributed by atoms with Gasteiger partial charge in [0.15, 0.2) is 0 Å². The molecule has 1 aromatic carbocycles. The number of hydrogen-bond acceptors (Lipinski definition) is 5. The number of amides is 2. The van der Waals surface area contributed by atoms with Crippen molar-refractivity contribution in [2.45, 2.75) is 26.8 Å². The minimum Gasteiger partial charge on any atom is -0.379 e. The van der Waals surface area contributed by atoms with Gasteiger partial charge >= 0.3 is 0 Å². The molecular formula is C25H30N4O3S. The van der Waals surface area contributed by atoms with Gasteiger partial charge in [0.05, 0.1) is 18.8 Å². The summed E-state index contributed by atoms with van der Waals surface area (Å²) < 4.78 is 7.32. The molecule has 7 nitrogen and oxygen atoms in total. The van der Waals surface area contributed by atoms with Crippen molar-refractivity contribution in [2.75, 3.05) is 38.2 Å². The Morgan fingerprint density at radius 1 is 1.09 bits per heavy atom. The lowest BCUT2D eigenvalue weighted by atomic mass is 10.1. The minimum atomic E-state index is -0.0968. The molecule has 0 saturated carbocycles. The maximum absolute atomic E-state index is 13.1. The van der Waals surface area contributed by atoms with Crippen molar-refractivity contribution >= 4 is 28.8 Å². The monoisotopic (exact) mass is 466 g/mol. The number of nitrogens with zero attached hydrogens (tertiary/aromatic N) is 2. The fourth-order valence-electron chi connectivity index (χ4n) is 3.87. The van der Waals surface area contributed by atoms with E-state index in [1.54, 1.807) is 11.3 Å². The third-order valence-corrected chi connectivity index (χ3v) is 7.08. The van der Waals surface area contributed by atoms with Crippen LogP contribution in [0.5, 0.6) is 0 Å². The lowest BCUT2D eigenvalue weighted by Crippen LogP contribution is -2.38. The number of thiophene rings is 1. The molecule has 0 atom stereocenters. The van der Waals surface area contributed by atoms with Gasteiger partial charge in [-0.1, -0.05) is 12.1 Å². The molecule has 4 rings (SSSR count). The van der Waals surface area contributed by atoms with E-state index in [0.717, 1.165) is 59.5 Å². The van der Waals surface area contributed by atoms with Crippen molar-refractivity contribution in [3.63, 3.8) is 0 Å². The molecule has 3 heterocycles. The fourth-order valence-corrected chi connectivity index (χ4v) is 4.99. The molecule has 1 fully saturated rings. The summed E-state index contributed by atoms with van der Waals surface area (Å²) in [6.45, 7) is 8.34. The number of carbonyl (C=O) groups excluding carboxylic acids is 2. The average molecular weight is 467 g/mol. The van der Waals surface area contributed by atoms with Crippen LogP contribution in [0.15, 0.2) is 48.8 Å². The zero-order valence-corrected chi connectivity index (χ0v) is 19.9. The first-order valence-corrected chi connectivity index (χ1v) is 12.0. The number of morpholine rings is 1. The highest BCUT2D eigenvalue weighted by Crippen LogP contribution is 2.31. The van der Waals surface area contributed by atoms with Gasteiger partial charge in [-0.15, -0.1) is 11.3 Å². The summed E-state index contributed by atoms with van der Waals surface area (Å²) in [5.74, 6) is -0.107. The van der Waals surface area contributed by atoms with Crippen molar-refractivity contribution in [3.05, 3.63) is 70.4 Å². The molecule has 2 N–H and O–H groups in total. The number of hydrogen-bond donors (Lipinski definition) is 2. The van der Waals surface area contributed by atoms with Gasteiger partial charge in [-0.2, -0.15) is 0 Å². The Labute approximate surface area is 198 Å². The molecule has 1 aliphatic heterocycles. The third kappa shape index (κ3) is 5.90. The predicted octanol–water partition coefficient (Wildman–Crippen LogP) is 3.75. The summed E-state index contributed by atoms with van der Waals surface area (Å²) in [7, 11) is 0. The number of aryl methyl sites for hydroxylation is 1. The van der Waals surface area contributed by atoms with Crippen LogP contribution in [-0.4, -0.2) is 54.1 Å². The molecule has 2 aromatic heterocycles. The second-order valence-corrected chi connectivity index (χ2v) is 9.39. The summed E-state index contributed by atoms with van der Waals surface area (Å²) in [5, 5.41) is 6.94. The Bertz CT molecular complexity index is 1100. The standard InChI is InChI=1S/C25H30N4O3S/c1-18-19(2)33-25(29-9-3-4-10-29)23(18)24(31)26-17-20-6-5-7-21(16-20)27-22(30)8-11-28-12-14-32-15-13-28/h3-7,9-10,16H,8,11-15,17H2,1-2H3,(H,26,31)(H,27,30). The van der Waals surface area contributed by atoms with Gasteiger partial charge in [0.25, 0.3) is 5.91 Å². The zero-order chi connectivity index (χ0) is 23.2. The molecular weight excluding hydrogens is 436 g/mol. The normalized spacial score (nSPS) is 14.2. The highest BCUT2D eigenvalue weighted by atomic mass is 32.1. The van der Waals surface area contributed by atoms with Crippen molar-refractivity contribution in [1.29, 1.82) is 0 Å². The van der Waals surface area contributed by atoms with E-state index in [1.165, 1.54) is 0 Å². The van der Waals surface area contributed by atoms with Crippen LogP contribution in [-0.2, 0) is 16.1 Å². The molecule has 2 amide bonds. The third-order valence-electron chi connectivity index (χ3n) is 5.86. The van der Waals surface area contributed by atoms with Crippen LogP contribution in [0.25, 0.3) is 5.00 Å². The minimum absolute atomic E-state index is 0.0107. The molecule has 0 radical (unpaired) electrons. The van der Waals surface area contributed by atoms with E-state index in [9.17, 15) is 9.59 Å². The Morgan fingerprint density at radius 3 is 2.61 bits per heavy atom. The maximum atomic E-state index is 13.1. The van der Waals surface area contributed by atoms with E-state index < -0.39 is 0 Å². The second-order valence-electron chi connectivity index (χ2n) is 8.19. The van der Waals surface area contributed by atoms with Crippen molar-refractivity contribution in [1.82, 2.24) is 14.8 Å². The van der Waals surface area contributed by atoms with Crippen molar-refractivity contribution in [3.8, 4) is 5.00 Å². The van der Waals surface area contributed by atoms with Crippen molar-refractivity contribution < 1.29 is 14.3 Å². The number of carbonyl (C=O) groups is 2. The van der Waals surface area contributed by atoms with Gasteiger partial charge in [-0.05, 0) is 49.2 Å². The highest BCUT2D eigenvalue weighted by Gasteiger charge is 2.20. The topological polar surface area (TPSA) is 75.6 Å². The summed E-state index contributed by atoms with van der Waals surface area (Å²) in [5.41, 5.74) is 3.38. The molecule has 0 aliphatic carbocycles. The van der Waals surface area contributed by atoms with Crippen LogP contribution in [0.2, 0.25) is 0 Å². The van der Waals surface area contributed by atoms with E-state index in [1.807, 2.05) is 67.2 Å². The van der Waals surface area contributed by atoms with Crippen LogP contribution < -0.4 is 10.6 Å². The van der Waals surface area contributed by atoms with E-state index >= 15 is 0 Å². The Morgan fingerprint density at radius 2 is 1.85 bits per heavy atom. The largest absolute Gasteiger partial charge is 0.379 e. The molecule has 1 saturated heterocycles. The zero-order valence-electron chi connectivity index (χ0n) is 19.1. The van der Waals surface area contributed by atoms with E-state index in [2.05, 4.69) is 15.5 Å².